The van der Waals surface area contributed by atoms with Crippen LogP contribution in [0.4, 0.5) is 0 Å². The predicted octanol–water partition coefficient (Wildman–Crippen LogP) is 15.5. The number of hydrogen-bond donors (Lipinski definition) is 1. The standard InChI is InChI=1S/C57H99NO7/c1-6-8-10-12-14-16-18-20-22-24-26-27-28-30-31-33-35-37-39-41-43-45-47-55(59)64-52-53(51-63-50-49-54(57(61)62)58(3,4)5)65-56(60)48-46-44-42-40-38-36-34-32-29-25-23-21-19-17-15-13-11-9-7-2/h9,11,15,17,21,23,28-30,32,36,38,53-54H,6-8,10,12-14,16,18-20,22,24-27,31,33-35,37,39-52H2,1-5H3/p+1/b11-9+,17-15+,23-21+,30-28+,32-29+,38-36+. The highest BCUT2D eigenvalue weighted by Crippen LogP contribution is 2.15. The van der Waals surface area contributed by atoms with Gasteiger partial charge in [0.2, 0.25) is 0 Å². The van der Waals surface area contributed by atoms with E-state index in [0.717, 1.165) is 77.0 Å². The third-order valence-corrected chi connectivity index (χ3v) is 11.6. The fourth-order valence-corrected chi connectivity index (χ4v) is 7.53. The first-order chi connectivity index (χ1) is 31.6. The summed E-state index contributed by atoms with van der Waals surface area (Å²) in [6, 6.07) is -0.626. The van der Waals surface area contributed by atoms with E-state index in [9.17, 15) is 19.5 Å². The predicted molar refractivity (Wildman–Crippen MR) is 275 cm³/mol. The summed E-state index contributed by atoms with van der Waals surface area (Å²) in [5.74, 6) is -1.51. The van der Waals surface area contributed by atoms with Crippen molar-refractivity contribution < 1.29 is 38.2 Å². The maximum absolute atomic E-state index is 12.8. The number of allylic oxidation sites excluding steroid dienone is 12. The number of esters is 2. The van der Waals surface area contributed by atoms with Crippen LogP contribution in [-0.4, -0.2) is 80.6 Å². The van der Waals surface area contributed by atoms with Crippen molar-refractivity contribution >= 4 is 17.9 Å². The lowest BCUT2D eigenvalue weighted by atomic mass is 10.0. The van der Waals surface area contributed by atoms with Gasteiger partial charge in [0.05, 0.1) is 34.4 Å². The average molecular weight is 911 g/mol. The molecule has 0 aliphatic rings. The molecule has 8 nitrogen and oxygen atoms in total. The van der Waals surface area contributed by atoms with Crippen LogP contribution in [0, 0.1) is 0 Å². The summed E-state index contributed by atoms with van der Waals surface area (Å²) in [4.78, 5) is 37.2. The Hall–Kier alpha value is -3.23. The molecule has 1 N–H and O–H groups in total. The fourth-order valence-electron chi connectivity index (χ4n) is 7.53. The van der Waals surface area contributed by atoms with Crippen LogP contribution >= 0.6 is 0 Å². The van der Waals surface area contributed by atoms with Crippen LogP contribution < -0.4 is 0 Å². The molecule has 0 aromatic rings. The summed E-state index contributed by atoms with van der Waals surface area (Å²) in [6.45, 7) is 4.60. The molecule has 0 rings (SSSR count). The van der Waals surface area contributed by atoms with E-state index in [1.807, 2.05) is 21.1 Å². The van der Waals surface area contributed by atoms with Crippen molar-refractivity contribution in [3.05, 3.63) is 72.9 Å². The van der Waals surface area contributed by atoms with Gasteiger partial charge in [0.15, 0.2) is 12.1 Å². The minimum atomic E-state index is -0.882. The second-order valence-corrected chi connectivity index (χ2v) is 18.7. The van der Waals surface area contributed by atoms with Crippen LogP contribution in [0.2, 0.25) is 0 Å². The molecule has 374 valence electrons. The van der Waals surface area contributed by atoms with Crippen molar-refractivity contribution in [1.82, 2.24) is 0 Å². The summed E-state index contributed by atoms with van der Waals surface area (Å²) >= 11 is 0. The molecular weight excluding hydrogens is 811 g/mol. The van der Waals surface area contributed by atoms with E-state index in [0.29, 0.717) is 12.8 Å². The van der Waals surface area contributed by atoms with Gasteiger partial charge in [-0.1, -0.05) is 189 Å². The van der Waals surface area contributed by atoms with Crippen LogP contribution in [0.5, 0.6) is 0 Å². The van der Waals surface area contributed by atoms with Crippen molar-refractivity contribution in [3.63, 3.8) is 0 Å². The van der Waals surface area contributed by atoms with Crippen molar-refractivity contribution in [2.45, 2.75) is 231 Å². The molecule has 0 bridgehead atoms. The summed E-state index contributed by atoms with van der Waals surface area (Å²) in [5.41, 5.74) is 0. The molecule has 8 heteroatoms. The monoisotopic (exact) mass is 911 g/mol. The number of carboxylic acids is 1. The molecule has 0 amide bonds. The molecule has 2 atom stereocenters. The van der Waals surface area contributed by atoms with E-state index in [4.69, 9.17) is 14.2 Å². The Balaban J connectivity index is 4.29. The Kier molecular flexibility index (Phi) is 44.9. The zero-order valence-corrected chi connectivity index (χ0v) is 42.7. The Labute approximate surface area is 400 Å². The van der Waals surface area contributed by atoms with Crippen molar-refractivity contribution in [2.24, 2.45) is 0 Å². The molecule has 0 spiro atoms. The molecule has 0 aliphatic carbocycles. The maximum Gasteiger partial charge on any atom is 0.362 e. The van der Waals surface area contributed by atoms with Gasteiger partial charge < -0.3 is 23.8 Å². The zero-order valence-electron chi connectivity index (χ0n) is 42.7. The quantitative estimate of drug-likeness (QED) is 0.0281. The lowest BCUT2D eigenvalue weighted by Gasteiger charge is -2.31. The number of unbranched alkanes of at least 4 members (excludes halogenated alkanes) is 21. The van der Waals surface area contributed by atoms with Gasteiger partial charge in [0.1, 0.15) is 6.61 Å². The Bertz CT molecular complexity index is 1290. The molecule has 0 heterocycles. The second kappa shape index (κ2) is 47.3. The van der Waals surface area contributed by atoms with Crippen LogP contribution in [-0.2, 0) is 28.6 Å². The number of nitrogens with zero attached hydrogens (tertiary/aromatic N) is 1. The normalized spacial score (nSPS) is 13.4. The second-order valence-electron chi connectivity index (χ2n) is 18.7. The molecule has 0 aromatic heterocycles. The van der Waals surface area contributed by atoms with E-state index in [2.05, 4.69) is 86.8 Å². The lowest BCUT2D eigenvalue weighted by molar-refractivity contribution is -0.887. The summed E-state index contributed by atoms with van der Waals surface area (Å²) in [7, 11) is 5.52. The van der Waals surface area contributed by atoms with Gasteiger partial charge in [-0.05, 0) is 83.5 Å². The molecule has 0 radical (unpaired) electrons. The highest BCUT2D eigenvalue weighted by Gasteiger charge is 2.31. The average Bonchev–Trinajstić information content (AvgIpc) is 3.27. The molecule has 0 saturated heterocycles. The summed E-state index contributed by atoms with van der Waals surface area (Å²) in [5, 5.41) is 9.66. The van der Waals surface area contributed by atoms with E-state index in [-0.39, 0.29) is 42.7 Å². The van der Waals surface area contributed by atoms with Gasteiger partial charge in [-0.3, -0.25) is 9.59 Å². The number of carbonyl (C=O) groups is 3. The smallest absolute Gasteiger partial charge is 0.362 e. The largest absolute Gasteiger partial charge is 0.477 e. The molecule has 0 aromatic carbocycles. The van der Waals surface area contributed by atoms with Crippen molar-refractivity contribution in [1.29, 1.82) is 0 Å². The van der Waals surface area contributed by atoms with Gasteiger partial charge in [-0.2, -0.15) is 0 Å². The van der Waals surface area contributed by atoms with Crippen LogP contribution in [0.3, 0.4) is 0 Å². The number of rotatable bonds is 47. The molecule has 2 unspecified atom stereocenters. The number of hydrogen-bond acceptors (Lipinski definition) is 6. The topological polar surface area (TPSA) is 99.1 Å². The van der Waals surface area contributed by atoms with Crippen molar-refractivity contribution in [2.75, 3.05) is 41.0 Å². The van der Waals surface area contributed by atoms with E-state index in [1.165, 1.54) is 109 Å². The lowest BCUT2D eigenvalue weighted by Crippen LogP contribution is -2.50. The summed E-state index contributed by atoms with van der Waals surface area (Å²) < 4.78 is 17.3. The fraction of sp³-hybridized carbons (Fsp3) is 0.737. The van der Waals surface area contributed by atoms with Crippen LogP contribution in [0.1, 0.15) is 219 Å². The Morgan fingerprint density at radius 3 is 1.31 bits per heavy atom. The van der Waals surface area contributed by atoms with Gasteiger partial charge in [-0.15, -0.1) is 0 Å². The first-order valence-corrected chi connectivity index (χ1v) is 26.5. The minimum absolute atomic E-state index is 0.0434. The SMILES string of the molecule is CC/C=C/C/C=C/C/C=C/C/C=C/C/C=C/CCCCCC(=O)OC(COCCC(C(=O)O)[N+](C)(C)C)COC(=O)CCCCCCCCC/C=C/CCCCCCCCCCCCC. The number of carbonyl (C=O) groups excluding carboxylic acids is 2. The highest BCUT2D eigenvalue weighted by atomic mass is 16.6. The molecule has 0 saturated carbocycles. The third kappa shape index (κ3) is 45.7. The first-order valence-electron chi connectivity index (χ1n) is 26.5. The minimum Gasteiger partial charge on any atom is -0.477 e. The van der Waals surface area contributed by atoms with Crippen LogP contribution in [0.25, 0.3) is 0 Å². The van der Waals surface area contributed by atoms with E-state index >= 15 is 0 Å². The van der Waals surface area contributed by atoms with Gasteiger partial charge >= 0.3 is 17.9 Å². The number of ether oxygens (including phenoxy) is 3. The van der Waals surface area contributed by atoms with E-state index < -0.39 is 18.1 Å². The summed E-state index contributed by atoms with van der Waals surface area (Å²) in [6.07, 6.45) is 61.0. The van der Waals surface area contributed by atoms with Gasteiger partial charge in [0, 0.05) is 19.3 Å². The number of likely N-dealkylation sites (N-methyl/N-ethyl adjacent to an activating group) is 1. The molecule has 0 aliphatic heterocycles. The van der Waals surface area contributed by atoms with Gasteiger partial charge in [0.25, 0.3) is 0 Å². The molecular formula is C57H100NO7+. The van der Waals surface area contributed by atoms with E-state index in [1.54, 1.807) is 0 Å². The third-order valence-electron chi connectivity index (χ3n) is 11.6. The first kappa shape index (κ1) is 61.8. The zero-order chi connectivity index (χ0) is 47.7. The number of aliphatic carboxylic acids is 1. The Morgan fingerprint density at radius 2 is 0.862 bits per heavy atom. The van der Waals surface area contributed by atoms with Crippen molar-refractivity contribution in [3.8, 4) is 0 Å². The highest BCUT2D eigenvalue weighted by molar-refractivity contribution is 5.72. The van der Waals surface area contributed by atoms with Crippen LogP contribution in [0.15, 0.2) is 72.9 Å². The van der Waals surface area contributed by atoms with Gasteiger partial charge in [-0.25, -0.2) is 4.79 Å². The molecule has 0 fully saturated rings. The maximum atomic E-state index is 12.8. The number of quaternary nitrogens is 1. The number of carboxylic acid groups (broad SMARTS) is 1. The molecule has 65 heavy (non-hydrogen) atoms. The Morgan fingerprint density at radius 1 is 0.477 bits per heavy atom.